The molecule has 0 unspecified atom stereocenters. The lowest BCUT2D eigenvalue weighted by Crippen LogP contribution is -2.24. The van der Waals surface area contributed by atoms with Crippen molar-refractivity contribution >= 4 is 26.7 Å². The van der Waals surface area contributed by atoms with E-state index >= 15 is 0 Å². The Bertz CT molecular complexity index is 428. The van der Waals surface area contributed by atoms with Crippen LogP contribution in [-0.4, -0.2) is 0 Å². The molecule has 3 heteroatoms. The Morgan fingerprint density at radius 2 is 1.92 bits per heavy atom. The minimum atomic E-state index is 0.798. The van der Waals surface area contributed by atoms with Crippen molar-refractivity contribution in [3.05, 3.63) is 46.3 Å². The molecule has 2 aromatic rings. The van der Waals surface area contributed by atoms with Crippen molar-refractivity contribution in [1.29, 1.82) is 0 Å². The Morgan fingerprint density at radius 1 is 1.17 bits per heavy atom. The average molecular weight is 224 g/mol. The largest absolute Gasteiger partial charge is 0.619 e. The highest BCUT2D eigenvalue weighted by atomic mass is 79.9. The smallest absolute Gasteiger partial charge is 0.195 e. The Morgan fingerprint density at radius 3 is 2.75 bits per heavy atom. The van der Waals surface area contributed by atoms with E-state index in [4.69, 9.17) is 0 Å². The van der Waals surface area contributed by atoms with Crippen LogP contribution in [0.4, 0.5) is 0 Å². The Kier molecular flexibility index (Phi) is 1.73. The lowest BCUT2D eigenvalue weighted by Gasteiger charge is -2.00. The molecule has 0 radical (unpaired) electrons. The Balaban J connectivity index is 2.89. The van der Waals surface area contributed by atoms with Crippen molar-refractivity contribution in [3.63, 3.8) is 0 Å². The fraction of sp³-hybridized carbons (Fsp3) is 0. The molecule has 0 saturated heterocycles. The van der Waals surface area contributed by atoms with Crippen LogP contribution in [-0.2, 0) is 0 Å². The molecular formula is C9H6BrNO. The Hall–Kier alpha value is -1.09. The number of fused-ring (bicyclic) bond motifs is 1. The van der Waals surface area contributed by atoms with Crippen LogP contribution in [0, 0.1) is 5.21 Å². The van der Waals surface area contributed by atoms with Gasteiger partial charge in [-0.2, -0.15) is 4.73 Å². The molecule has 0 N–H and O–H groups in total. The van der Waals surface area contributed by atoms with Crippen molar-refractivity contribution in [1.82, 2.24) is 0 Å². The average Bonchev–Trinajstić information content (AvgIpc) is 2.04. The summed E-state index contributed by atoms with van der Waals surface area (Å²) in [6, 6.07) is 7.74. The molecule has 12 heavy (non-hydrogen) atoms. The van der Waals surface area contributed by atoms with Crippen LogP contribution >= 0.6 is 15.9 Å². The molecule has 60 valence electrons. The van der Waals surface area contributed by atoms with Gasteiger partial charge < -0.3 is 5.21 Å². The molecule has 0 saturated carbocycles. The van der Waals surface area contributed by atoms with Crippen LogP contribution in [0.1, 0.15) is 0 Å². The zero-order valence-corrected chi connectivity index (χ0v) is 7.78. The first-order valence-corrected chi connectivity index (χ1v) is 4.34. The lowest BCUT2D eigenvalue weighted by atomic mass is 10.2. The van der Waals surface area contributed by atoms with Gasteiger partial charge in [-0.15, -0.1) is 0 Å². The minimum absolute atomic E-state index is 0.798. The summed E-state index contributed by atoms with van der Waals surface area (Å²) in [5.74, 6) is 0. The van der Waals surface area contributed by atoms with Crippen LogP contribution in [0.2, 0.25) is 0 Å². The van der Waals surface area contributed by atoms with Crippen LogP contribution in [0.15, 0.2) is 41.1 Å². The summed E-state index contributed by atoms with van der Waals surface area (Å²) >= 11 is 3.33. The van der Waals surface area contributed by atoms with Gasteiger partial charge in [0.2, 0.25) is 0 Å². The summed E-state index contributed by atoms with van der Waals surface area (Å²) in [5.41, 5.74) is 0. The van der Waals surface area contributed by atoms with Crippen molar-refractivity contribution < 1.29 is 4.73 Å². The molecule has 0 bridgehead atoms. The maximum Gasteiger partial charge on any atom is 0.195 e. The second kappa shape index (κ2) is 2.75. The van der Waals surface area contributed by atoms with Crippen molar-refractivity contribution in [3.8, 4) is 0 Å². The number of nitrogens with zero attached hydrogens (tertiary/aromatic N) is 1. The van der Waals surface area contributed by atoms with E-state index in [0.29, 0.717) is 0 Å². The summed E-state index contributed by atoms with van der Waals surface area (Å²) in [6.07, 6.45) is 3.06. The predicted molar refractivity (Wildman–Crippen MR) is 50.6 cm³/mol. The SMILES string of the molecule is [O-][n+]1cc(Br)c2ccccc2c1. The van der Waals surface area contributed by atoms with Crippen LogP contribution in [0.3, 0.4) is 0 Å². The van der Waals surface area contributed by atoms with E-state index < -0.39 is 0 Å². The van der Waals surface area contributed by atoms with Gasteiger partial charge in [0.25, 0.3) is 0 Å². The number of hydrogen-bond acceptors (Lipinski definition) is 1. The van der Waals surface area contributed by atoms with E-state index in [1.54, 1.807) is 6.20 Å². The third-order valence-corrected chi connectivity index (χ3v) is 2.36. The zero-order valence-electron chi connectivity index (χ0n) is 6.20. The molecule has 1 heterocycles. The summed E-state index contributed by atoms with van der Waals surface area (Å²) in [4.78, 5) is 0. The third kappa shape index (κ3) is 1.16. The second-order valence-electron chi connectivity index (χ2n) is 2.55. The topological polar surface area (TPSA) is 26.9 Å². The van der Waals surface area contributed by atoms with E-state index in [1.807, 2.05) is 24.3 Å². The van der Waals surface area contributed by atoms with E-state index in [0.717, 1.165) is 20.0 Å². The molecule has 1 aromatic carbocycles. The first-order valence-electron chi connectivity index (χ1n) is 3.54. The van der Waals surface area contributed by atoms with E-state index in [-0.39, 0.29) is 0 Å². The molecule has 0 aliphatic heterocycles. The van der Waals surface area contributed by atoms with E-state index in [2.05, 4.69) is 15.9 Å². The van der Waals surface area contributed by atoms with Gasteiger partial charge in [-0.05, 0) is 22.0 Å². The second-order valence-corrected chi connectivity index (χ2v) is 3.41. The molecule has 0 atom stereocenters. The van der Waals surface area contributed by atoms with E-state index in [9.17, 15) is 5.21 Å². The van der Waals surface area contributed by atoms with Gasteiger partial charge in [-0.25, -0.2) is 0 Å². The van der Waals surface area contributed by atoms with Crippen molar-refractivity contribution in [2.45, 2.75) is 0 Å². The van der Waals surface area contributed by atoms with Gasteiger partial charge in [0, 0.05) is 10.8 Å². The van der Waals surface area contributed by atoms with Gasteiger partial charge in [-0.3, -0.25) is 0 Å². The number of hydrogen-bond donors (Lipinski definition) is 0. The van der Waals surface area contributed by atoms with Gasteiger partial charge >= 0.3 is 0 Å². The van der Waals surface area contributed by atoms with Gasteiger partial charge in [0.15, 0.2) is 12.4 Å². The van der Waals surface area contributed by atoms with E-state index in [1.165, 1.54) is 6.20 Å². The molecule has 0 aliphatic rings. The standard InChI is InChI=1S/C9H6BrNO/c10-9-6-11(12)5-7-3-1-2-4-8(7)9/h1-6H. The molecule has 1 aromatic heterocycles. The van der Waals surface area contributed by atoms with Crippen LogP contribution < -0.4 is 4.73 Å². The number of benzene rings is 1. The Labute approximate surface area is 78.2 Å². The van der Waals surface area contributed by atoms with Gasteiger partial charge in [-0.1, -0.05) is 18.2 Å². The monoisotopic (exact) mass is 223 g/mol. The lowest BCUT2D eigenvalue weighted by molar-refractivity contribution is -0.604. The first-order chi connectivity index (χ1) is 5.77. The summed E-state index contributed by atoms with van der Waals surface area (Å²) in [5, 5.41) is 13.0. The highest BCUT2D eigenvalue weighted by Crippen LogP contribution is 2.20. The fourth-order valence-electron chi connectivity index (χ4n) is 1.18. The minimum Gasteiger partial charge on any atom is -0.619 e. The molecule has 2 nitrogen and oxygen atoms in total. The van der Waals surface area contributed by atoms with Gasteiger partial charge in [0.05, 0.1) is 4.47 Å². The first kappa shape index (κ1) is 7.55. The maximum absolute atomic E-state index is 11.0. The number of halogens is 1. The summed E-state index contributed by atoms with van der Waals surface area (Å²) in [6.45, 7) is 0. The predicted octanol–water partition coefficient (Wildman–Crippen LogP) is 2.24. The summed E-state index contributed by atoms with van der Waals surface area (Å²) in [7, 11) is 0. The molecular weight excluding hydrogens is 218 g/mol. The maximum atomic E-state index is 11.0. The van der Waals surface area contributed by atoms with Crippen LogP contribution in [0.5, 0.6) is 0 Å². The normalized spacial score (nSPS) is 10.4. The quantitative estimate of drug-likeness (QED) is 0.498. The third-order valence-electron chi connectivity index (χ3n) is 1.73. The molecule has 0 aliphatic carbocycles. The number of aromatic nitrogens is 1. The highest BCUT2D eigenvalue weighted by molar-refractivity contribution is 9.10. The number of pyridine rings is 1. The summed E-state index contributed by atoms with van der Waals surface area (Å²) < 4.78 is 1.63. The van der Waals surface area contributed by atoms with Gasteiger partial charge in [0.1, 0.15) is 0 Å². The number of rotatable bonds is 0. The fourth-order valence-corrected chi connectivity index (χ4v) is 1.75. The zero-order chi connectivity index (χ0) is 8.55. The highest BCUT2D eigenvalue weighted by Gasteiger charge is 2.01. The molecule has 0 fully saturated rings. The molecule has 2 rings (SSSR count). The van der Waals surface area contributed by atoms with Crippen molar-refractivity contribution in [2.75, 3.05) is 0 Å². The van der Waals surface area contributed by atoms with Crippen molar-refractivity contribution in [2.24, 2.45) is 0 Å². The van der Waals surface area contributed by atoms with Crippen LogP contribution in [0.25, 0.3) is 10.8 Å². The molecule has 0 spiro atoms. The molecule has 0 amide bonds.